The van der Waals surface area contributed by atoms with E-state index in [1.807, 2.05) is 19.1 Å². The molecule has 0 aliphatic carbocycles. The molecule has 1 N–H and O–H groups in total. The van der Waals surface area contributed by atoms with Crippen molar-refractivity contribution < 1.29 is 8.42 Å². The summed E-state index contributed by atoms with van der Waals surface area (Å²) in [6, 6.07) is 8.85. The Morgan fingerprint density at radius 3 is 2.64 bits per heavy atom. The lowest BCUT2D eigenvalue weighted by Crippen LogP contribution is -2.34. The van der Waals surface area contributed by atoms with Crippen LogP contribution in [-0.4, -0.2) is 31.7 Å². The molecule has 1 aliphatic heterocycles. The Morgan fingerprint density at radius 2 is 1.96 bits per heavy atom. The highest BCUT2D eigenvalue weighted by atomic mass is 32.2. The van der Waals surface area contributed by atoms with Crippen molar-refractivity contribution in [1.82, 2.24) is 10.2 Å². The second kappa shape index (κ2) is 7.00. The number of nitrogens with one attached hydrogen (secondary N) is 1. The molecule has 134 valence electrons. The molecule has 3 rings (SSSR count). The number of aryl methyl sites for hydroxylation is 2. The van der Waals surface area contributed by atoms with Crippen LogP contribution in [0.5, 0.6) is 0 Å². The summed E-state index contributed by atoms with van der Waals surface area (Å²) in [4.78, 5) is 2.47. The average molecular weight is 360 g/mol. The van der Waals surface area contributed by atoms with Crippen LogP contribution in [0.25, 0.3) is 0 Å². The first kappa shape index (κ1) is 17.7. The van der Waals surface area contributed by atoms with Gasteiger partial charge in [0.05, 0.1) is 4.90 Å². The summed E-state index contributed by atoms with van der Waals surface area (Å²) >= 11 is 0. The van der Waals surface area contributed by atoms with Gasteiger partial charge in [0.15, 0.2) is 11.6 Å². The summed E-state index contributed by atoms with van der Waals surface area (Å²) in [5.41, 5.74) is 1.59. The summed E-state index contributed by atoms with van der Waals surface area (Å²) < 4.78 is 27.8. The number of nitrogens with zero attached hydrogens (tertiary/aromatic N) is 3. The Balaban J connectivity index is 1.77. The second-order valence-electron chi connectivity index (χ2n) is 6.84. The fourth-order valence-corrected chi connectivity index (χ4v) is 4.46. The van der Waals surface area contributed by atoms with Crippen LogP contribution in [0.2, 0.25) is 0 Å². The Morgan fingerprint density at radius 1 is 1.16 bits per heavy atom. The van der Waals surface area contributed by atoms with Crippen LogP contribution < -0.4 is 9.62 Å². The van der Waals surface area contributed by atoms with Crippen LogP contribution in [0, 0.1) is 19.8 Å². The molecule has 0 spiro atoms. The molecule has 1 saturated heterocycles. The molecule has 0 saturated carbocycles. The molecule has 1 aromatic carbocycles. The summed E-state index contributed by atoms with van der Waals surface area (Å²) in [5.74, 6) is 1.66. The highest BCUT2D eigenvalue weighted by Gasteiger charge is 2.20. The number of aromatic nitrogens is 2. The van der Waals surface area contributed by atoms with Crippen molar-refractivity contribution in [3.63, 3.8) is 0 Å². The quantitative estimate of drug-likeness (QED) is 0.907. The molecule has 1 fully saturated rings. The minimum atomic E-state index is -3.68. The molecule has 0 amide bonds. The molecule has 25 heavy (non-hydrogen) atoms. The summed E-state index contributed by atoms with van der Waals surface area (Å²) in [6.45, 7) is 7.80. The number of piperidine rings is 1. The van der Waals surface area contributed by atoms with Crippen molar-refractivity contribution in [2.75, 3.05) is 22.7 Å². The Bertz CT molecular complexity index is 850. The van der Waals surface area contributed by atoms with Crippen LogP contribution in [0.3, 0.4) is 0 Å². The van der Waals surface area contributed by atoms with Gasteiger partial charge >= 0.3 is 0 Å². The molecule has 7 heteroatoms. The molecule has 0 bridgehead atoms. The molecule has 1 aliphatic rings. The number of sulfonamides is 1. The van der Waals surface area contributed by atoms with Gasteiger partial charge in [-0.15, -0.1) is 10.2 Å². The van der Waals surface area contributed by atoms with Gasteiger partial charge in [-0.2, -0.15) is 0 Å². The maximum atomic E-state index is 12.6. The molecule has 0 radical (unpaired) electrons. The molecule has 1 atom stereocenters. The van der Waals surface area contributed by atoms with Gasteiger partial charge in [-0.05, 0) is 61.9 Å². The fourth-order valence-electron chi connectivity index (χ4n) is 3.14. The Labute approximate surface area is 149 Å². The minimum absolute atomic E-state index is 0.231. The zero-order valence-electron chi connectivity index (χ0n) is 14.9. The van der Waals surface area contributed by atoms with E-state index in [9.17, 15) is 8.42 Å². The third kappa shape index (κ3) is 4.10. The maximum Gasteiger partial charge on any atom is 0.263 e. The van der Waals surface area contributed by atoms with Crippen molar-refractivity contribution in [3.8, 4) is 0 Å². The van der Waals surface area contributed by atoms with Crippen LogP contribution in [-0.2, 0) is 10.0 Å². The number of anilines is 2. The SMILES string of the molecule is Cc1ccc(C)c(S(=O)(=O)Nc2ccc(N3CCCC(C)C3)nn2)c1. The summed E-state index contributed by atoms with van der Waals surface area (Å²) in [7, 11) is -3.68. The van der Waals surface area contributed by atoms with E-state index >= 15 is 0 Å². The Hall–Kier alpha value is -2.15. The maximum absolute atomic E-state index is 12.6. The third-order valence-electron chi connectivity index (χ3n) is 4.50. The third-order valence-corrected chi connectivity index (χ3v) is 6.00. The van der Waals surface area contributed by atoms with E-state index in [1.165, 1.54) is 6.42 Å². The van der Waals surface area contributed by atoms with E-state index in [0.29, 0.717) is 11.5 Å². The van der Waals surface area contributed by atoms with Crippen LogP contribution in [0.1, 0.15) is 30.9 Å². The van der Waals surface area contributed by atoms with Crippen molar-refractivity contribution in [1.29, 1.82) is 0 Å². The predicted molar refractivity (Wildman–Crippen MR) is 99.4 cm³/mol. The van der Waals surface area contributed by atoms with E-state index in [-0.39, 0.29) is 10.7 Å². The summed E-state index contributed by atoms with van der Waals surface area (Å²) in [6.07, 6.45) is 2.38. The van der Waals surface area contributed by atoms with Crippen LogP contribution in [0.4, 0.5) is 11.6 Å². The lowest BCUT2D eigenvalue weighted by molar-refractivity contribution is 0.444. The van der Waals surface area contributed by atoms with Gasteiger partial charge in [-0.1, -0.05) is 19.1 Å². The van der Waals surface area contributed by atoms with Gasteiger partial charge in [0, 0.05) is 13.1 Å². The molecule has 2 aromatic rings. The van der Waals surface area contributed by atoms with Crippen molar-refractivity contribution in [3.05, 3.63) is 41.5 Å². The van der Waals surface area contributed by atoms with Crippen LogP contribution >= 0.6 is 0 Å². The zero-order valence-corrected chi connectivity index (χ0v) is 15.7. The number of hydrogen-bond acceptors (Lipinski definition) is 5. The highest BCUT2D eigenvalue weighted by Crippen LogP contribution is 2.23. The lowest BCUT2D eigenvalue weighted by Gasteiger charge is -2.31. The normalized spacial score (nSPS) is 18.2. The first-order chi connectivity index (χ1) is 11.8. The molecule has 1 aromatic heterocycles. The van der Waals surface area contributed by atoms with E-state index in [1.54, 1.807) is 25.1 Å². The largest absolute Gasteiger partial charge is 0.355 e. The minimum Gasteiger partial charge on any atom is -0.355 e. The lowest BCUT2D eigenvalue weighted by atomic mass is 10.0. The van der Waals surface area contributed by atoms with Crippen LogP contribution in [0.15, 0.2) is 35.2 Å². The number of rotatable bonds is 4. The van der Waals surface area contributed by atoms with Crippen molar-refractivity contribution >= 4 is 21.7 Å². The van der Waals surface area contributed by atoms with Gasteiger partial charge < -0.3 is 4.90 Å². The molecule has 2 heterocycles. The monoisotopic (exact) mass is 360 g/mol. The summed E-state index contributed by atoms with van der Waals surface area (Å²) in [5, 5.41) is 8.26. The highest BCUT2D eigenvalue weighted by molar-refractivity contribution is 7.92. The van der Waals surface area contributed by atoms with Crippen molar-refractivity contribution in [2.24, 2.45) is 5.92 Å². The zero-order chi connectivity index (χ0) is 18.0. The van der Waals surface area contributed by atoms with Gasteiger partial charge in [0.25, 0.3) is 10.0 Å². The first-order valence-electron chi connectivity index (χ1n) is 8.54. The topological polar surface area (TPSA) is 75.2 Å². The number of hydrogen-bond donors (Lipinski definition) is 1. The van der Waals surface area contributed by atoms with Gasteiger partial charge in [0.2, 0.25) is 0 Å². The standard InChI is InChI=1S/C18H24N4O2S/c1-13-6-7-15(3)16(11-13)25(23,24)21-17-8-9-18(20-19-17)22-10-4-5-14(2)12-22/h6-9,11,14H,4-5,10,12H2,1-3H3,(H,19,21). The molecule has 1 unspecified atom stereocenters. The van der Waals surface area contributed by atoms with E-state index < -0.39 is 10.0 Å². The number of benzene rings is 1. The van der Waals surface area contributed by atoms with Crippen molar-refractivity contribution in [2.45, 2.75) is 38.5 Å². The van der Waals surface area contributed by atoms with Gasteiger partial charge in [0.1, 0.15) is 0 Å². The average Bonchev–Trinajstić information content (AvgIpc) is 2.57. The second-order valence-corrected chi connectivity index (χ2v) is 8.50. The smallest absolute Gasteiger partial charge is 0.263 e. The molecular weight excluding hydrogens is 336 g/mol. The first-order valence-corrected chi connectivity index (χ1v) is 10.0. The van der Waals surface area contributed by atoms with Gasteiger partial charge in [-0.3, -0.25) is 4.72 Å². The van der Waals surface area contributed by atoms with E-state index in [0.717, 1.165) is 30.9 Å². The van der Waals surface area contributed by atoms with E-state index in [2.05, 4.69) is 26.7 Å². The molecule has 6 nitrogen and oxygen atoms in total. The van der Waals surface area contributed by atoms with E-state index in [4.69, 9.17) is 0 Å². The molecular formula is C18H24N4O2S. The van der Waals surface area contributed by atoms with Gasteiger partial charge in [-0.25, -0.2) is 8.42 Å². The predicted octanol–water partition coefficient (Wildman–Crippen LogP) is 3.13. The fraction of sp³-hybridized carbons (Fsp3) is 0.444. The Kier molecular flexibility index (Phi) is 4.94.